The lowest BCUT2D eigenvalue weighted by Crippen LogP contribution is -2.13. The number of halogens is 2. The predicted octanol–water partition coefficient (Wildman–Crippen LogP) is 2.23. The van der Waals surface area contributed by atoms with Crippen molar-refractivity contribution in [3.63, 3.8) is 0 Å². The van der Waals surface area contributed by atoms with E-state index in [1.54, 1.807) is 0 Å². The molecule has 0 bridgehead atoms. The van der Waals surface area contributed by atoms with E-state index in [0.29, 0.717) is 0 Å². The van der Waals surface area contributed by atoms with Crippen LogP contribution in [-0.2, 0) is 4.79 Å². The van der Waals surface area contributed by atoms with E-state index >= 15 is 0 Å². The van der Waals surface area contributed by atoms with Gasteiger partial charge in [0.05, 0.1) is 6.20 Å². The Morgan fingerprint density at radius 2 is 2.33 bits per heavy atom. The van der Waals surface area contributed by atoms with Crippen molar-refractivity contribution in [3.05, 3.63) is 17.2 Å². The highest BCUT2D eigenvalue weighted by atomic mass is 35.5. The molecule has 1 aromatic heterocycles. The summed E-state index contributed by atoms with van der Waals surface area (Å²) in [6.07, 6.45) is 1.19. The lowest BCUT2D eigenvalue weighted by Gasteiger charge is -2.13. The molecule has 1 heterocycles. The number of hydrogen-bond acceptors (Lipinski definition) is 4. The average molecular weight is 233 g/mol. The van der Waals surface area contributed by atoms with Crippen LogP contribution in [0.4, 0.5) is 10.1 Å². The molecule has 0 fully saturated rings. The molecule has 0 unspecified atom stereocenters. The molecule has 0 aliphatic carbocycles. The third-order valence-electron chi connectivity index (χ3n) is 1.55. The molecule has 0 saturated heterocycles. The molecule has 1 N–H and O–H groups in total. The fourth-order valence-corrected chi connectivity index (χ4v) is 1.16. The van der Waals surface area contributed by atoms with Crippen molar-refractivity contribution in [2.45, 2.75) is 19.9 Å². The van der Waals surface area contributed by atoms with Gasteiger partial charge in [0.15, 0.2) is 16.7 Å². The molecule has 0 radical (unpaired) electrons. The summed E-state index contributed by atoms with van der Waals surface area (Å²) in [5, 5.41) is 2.52. The molecule has 82 valence electrons. The number of aromatic nitrogens is 1. The molecule has 0 saturated carbocycles. The molecule has 0 aromatic carbocycles. The van der Waals surface area contributed by atoms with Crippen LogP contribution < -0.4 is 10.1 Å². The first kappa shape index (κ1) is 11.7. The Kier molecular flexibility index (Phi) is 3.85. The van der Waals surface area contributed by atoms with Gasteiger partial charge in [0.1, 0.15) is 5.69 Å². The Morgan fingerprint density at radius 3 is 2.87 bits per heavy atom. The summed E-state index contributed by atoms with van der Waals surface area (Å²) in [5.41, 5.74) is 0.0390. The number of rotatable bonds is 4. The van der Waals surface area contributed by atoms with E-state index in [1.165, 1.54) is 6.20 Å². The van der Waals surface area contributed by atoms with Crippen LogP contribution in [0.1, 0.15) is 13.8 Å². The summed E-state index contributed by atoms with van der Waals surface area (Å²) in [4.78, 5) is 13.7. The number of hydrogen-bond donors (Lipinski definition) is 1. The third kappa shape index (κ3) is 2.79. The number of nitrogens with one attached hydrogen (secondary N) is 1. The molecular formula is C9H10ClFN2O2. The first-order chi connectivity index (χ1) is 7.06. The Balaban J connectivity index is 3.15. The first-order valence-electron chi connectivity index (χ1n) is 4.27. The standard InChI is InChI=1S/C9H10ClFN2O2/c1-5(2)13-8-6(15-4-14)3-12-9(10)7(8)11/h3-5H,1-2H3,(H,12,13). The van der Waals surface area contributed by atoms with Gasteiger partial charge >= 0.3 is 0 Å². The molecule has 15 heavy (non-hydrogen) atoms. The van der Waals surface area contributed by atoms with E-state index in [0.717, 1.165) is 0 Å². The van der Waals surface area contributed by atoms with Crippen LogP contribution >= 0.6 is 11.6 Å². The molecule has 0 aliphatic rings. The summed E-state index contributed by atoms with van der Waals surface area (Å²) in [6.45, 7) is 3.84. The second-order valence-electron chi connectivity index (χ2n) is 3.12. The van der Waals surface area contributed by atoms with Gasteiger partial charge in [-0.3, -0.25) is 4.79 Å². The van der Waals surface area contributed by atoms with Crippen molar-refractivity contribution < 1.29 is 13.9 Å². The Morgan fingerprint density at radius 1 is 1.67 bits per heavy atom. The Labute approximate surface area is 91.4 Å². The van der Waals surface area contributed by atoms with Crippen molar-refractivity contribution in [1.29, 1.82) is 0 Å². The van der Waals surface area contributed by atoms with Gasteiger partial charge in [0.25, 0.3) is 6.47 Å². The molecule has 1 rings (SSSR count). The van der Waals surface area contributed by atoms with Crippen LogP contribution in [0.5, 0.6) is 5.75 Å². The van der Waals surface area contributed by atoms with Gasteiger partial charge in [-0.05, 0) is 13.8 Å². The van der Waals surface area contributed by atoms with Crippen molar-refractivity contribution in [2.24, 2.45) is 0 Å². The minimum atomic E-state index is -0.732. The summed E-state index contributed by atoms with van der Waals surface area (Å²) in [5.74, 6) is -0.717. The third-order valence-corrected chi connectivity index (χ3v) is 1.81. The molecule has 6 heteroatoms. The minimum absolute atomic E-state index is 0.0144. The number of anilines is 1. The van der Waals surface area contributed by atoms with Crippen molar-refractivity contribution in [3.8, 4) is 5.75 Å². The highest BCUT2D eigenvalue weighted by molar-refractivity contribution is 6.29. The largest absolute Gasteiger partial charge is 0.425 e. The molecule has 4 nitrogen and oxygen atoms in total. The SMILES string of the molecule is CC(C)Nc1c(OC=O)cnc(Cl)c1F. The summed E-state index contributed by atoms with van der Waals surface area (Å²) in [7, 11) is 0. The maximum absolute atomic E-state index is 13.5. The van der Waals surface area contributed by atoms with Gasteiger partial charge in [0, 0.05) is 6.04 Å². The monoisotopic (exact) mass is 232 g/mol. The summed E-state index contributed by atoms with van der Waals surface area (Å²) < 4.78 is 18.1. The minimum Gasteiger partial charge on any atom is -0.425 e. The van der Waals surface area contributed by atoms with E-state index in [9.17, 15) is 9.18 Å². The van der Waals surface area contributed by atoms with Crippen LogP contribution in [0, 0.1) is 5.82 Å². The van der Waals surface area contributed by atoms with E-state index < -0.39 is 5.82 Å². The Bertz CT molecular complexity index is 371. The van der Waals surface area contributed by atoms with Crippen LogP contribution in [0.3, 0.4) is 0 Å². The maximum Gasteiger partial charge on any atom is 0.298 e. The zero-order valence-corrected chi connectivity index (χ0v) is 9.01. The second kappa shape index (κ2) is 4.93. The van der Waals surface area contributed by atoms with E-state index in [1.807, 2.05) is 13.8 Å². The lowest BCUT2D eigenvalue weighted by atomic mass is 10.3. The van der Waals surface area contributed by atoms with Gasteiger partial charge in [-0.1, -0.05) is 11.6 Å². The molecule has 0 spiro atoms. The smallest absolute Gasteiger partial charge is 0.298 e. The first-order valence-corrected chi connectivity index (χ1v) is 4.65. The molecular weight excluding hydrogens is 223 g/mol. The molecule has 0 aliphatic heterocycles. The number of carbonyl (C=O) groups excluding carboxylic acids is 1. The van der Waals surface area contributed by atoms with Crippen LogP contribution in [0.2, 0.25) is 5.15 Å². The molecule has 0 atom stereocenters. The van der Waals surface area contributed by atoms with Crippen molar-refractivity contribution in [2.75, 3.05) is 5.32 Å². The van der Waals surface area contributed by atoms with E-state index in [-0.39, 0.29) is 29.1 Å². The van der Waals surface area contributed by atoms with Crippen LogP contribution in [0.15, 0.2) is 6.20 Å². The highest BCUT2D eigenvalue weighted by Gasteiger charge is 2.15. The van der Waals surface area contributed by atoms with Gasteiger partial charge < -0.3 is 10.1 Å². The van der Waals surface area contributed by atoms with Crippen LogP contribution in [0.25, 0.3) is 0 Å². The Hall–Kier alpha value is -1.36. The fourth-order valence-electron chi connectivity index (χ4n) is 1.01. The predicted molar refractivity (Wildman–Crippen MR) is 54.7 cm³/mol. The van der Waals surface area contributed by atoms with E-state index in [2.05, 4.69) is 15.0 Å². The van der Waals surface area contributed by atoms with Gasteiger partial charge in [-0.25, -0.2) is 9.37 Å². The molecule has 1 aromatic rings. The molecule has 0 amide bonds. The summed E-state index contributed by atoms with van der Waals surface area (Å²) >= 11 is 5.50. The normalized spacial score (nSPS) is 10.2. The van der Waals surface area contributed by atoms with Crippen molar-refractivity contribution in [1.82, 2.24) is 4.98 Å². The lowest BCUT2D eigenvalue weighted by molar-refractivity contribution is -0.120. The zero-order valence-electron chi connectivity index (χ0n) is 8.25. The number of pyridine rings is 1. The van der Waals surface area contributed by atoms with Crippen LogP contribution in [-0.4, -0.2) is 17.5 Å². The second-order valence-corrected chi connectivity index (χ2v) is 3.47. The summed E-state index contributed by atoms with van der Waals surface area (Å²) in [6, 6.07) is -0.0213. The van der Waals surface area contributed by atoms with Gasteiger partial charge in [-0.2, -0.15) is 0 Å². The number of ether oxygens (including phenoxy) is 1. The quantitative estimate of drug-likeness (QED) is 0.639. The number of nitrogens with zero attached hydrogens (tertiary/aromatic N) is 1. The van der Waals surface area contributed by atoms with Crippen molar-refractivity contribution >= 4 is 23.8 Å². The fraction of sp³-hybridized carbons (Fsp3) is 0.333. The van der Waals surface area contributed by atoms with Gasteiger partial charge in [0.2, 0.25) is 0 Å². The topological polar surface area (TPSA) is 51.2 Å². The van der Waals surface area contributed by atoms with E-state index in [4.69, 9.17) is 11.6 Å². The number of carbonyl (C=O) groups is 1. The average Bonchev–Trinajstić information content (AvgIpc) is 2.17. The maximum atomic E-state index is 13.5. The highest BCUT2D eigenvalue weighted by Crippen LogP contribution is 2.30. The zero-order chi connectivity index (χ0) is 11.4. The van der Waals surface area contributed by atoms with Gasteiger partial charge in [-0.15, -0.1) is 0 Å².